The Balaban J connectivity index is 1.98. The largest absolute Gasteiger partial charge is 0.481 e. The Kier molecular flexibility index (Phi) is 4.16. The summed E-state index contributed by atoms with van der Waals surface area (Å²) < 4.78 is 0. The maximum absolute atomic E-state index is 12.0. The van der Waals surface area contributed by atoms with Crippen molar-refractivity contribution in [3.8, 4) is 0 Å². The van der Waals surface area contributed by atoms with Gasteiger partial charge in [0.2, 0.25) is 5.91 Å². The van der Waals surface area contributed by atoms with E-state index in [2.05, 4.69) is 10.2 Å². The summed E-state index contributed by atoms with van der Waals surface area (Å²) in [7, 11) is 2.00. The number of carboxylic acid groups (broad SMARTS) is 1. The summed E-state index contributed by atoms with van der Waals surface area (Å²) in [6, 6.07) is 6.99. The van der Waals surface area contributed by atoms with Crippen molar-refractivity contribution in [1.82, 2.24) is 4.90 Å². The van der Waals surface area contributed by atoms with E-state index in [0.29, 0.717) is 11.3 Å². The summed E-state index contributed by atoms with van der Waals surface area (Å²) in [5.74, 6) is -0.842. The fourth-order valence-electron chi connectivity index (χ4n) is 2.33. The van der Waals surface area contributed by atoms with Crippen LogP contribution in [0.25, 0.3) is 0 Å². The number of hydrogen-bond donors (Lipinski definition) is 2. The number of carbonyl (C=O) groups is 2. The van der Waals surface area contributed by atoms with Gasteiger partial charge in [-0.1, -0.05) is 12.1 Å². The summed E-state index contributed by atoms with van der Waals surface area (Å²) in [6.07, 6.45) is 0.840. The third kappa shape index (κ3) is 3.79. The molecule has 2 N–H and O–H groups in total. The van der Waals surface area contributed by atoms with Crippen LogP contribution in [0.5, 0.6) is 0 Å². The van der Waals surface area contributed by atoms with Crippen molar-refractivity contribution < 1.29 is 14.7 Å². The molecule has 0 spiro atoms. The fourth-order valence-corrected chi connectivity index (χ4v) is 2.33. The number of carboxylic acids is 1. The van der Waals surface area contributed by atoms with Crippen LogP contribution >= 0.6 is 0 Å². The minimum absolute atomic E-state index is 0.0109. The van der Waals surface area contributed by atoms with Crippen LogP contribution < -0.4 is 5.32 Å². The van der Waals surface area contributed by atoms with E-state index in [1.165, 1.54) is 0 Å². The highest BCUT2D eigenvalue weighted by Crippen LogP contribution is 2.18. The molecule has 1 aliphatic heterocycles. The van der Waals surface area contributed by atoms with E-state index in [1.807, 2.05) is 7.05 Å². The van der Waals surface area contributed by atoms with Gasteiger partial charge in [0, 0.05) is 12.2 Å². The number of amides is 1. The van der Waals surface area contributed by atoms with Crippen LogP contribution in [0.2, 0.25) is 0 Å². The number of anilines is 1. The molecule has 0 aromatic heterocycles. The molecule has 1 saturated heterocycles. The quantitative estimate of drug-likeness (QED) is 0.855. The molecule has 0 aliphatic carbocycles. The van der Waals surface area contributed by atoms with E-state index >= 15 is 0 Å². The van der Waals surface area contributed by atoms with Crippen molar-refractivity contribution in [3.05, 3.63) is 29.8 Å². The molecular formula is C14H18N2O3. The lowest BCUT2D eigenvalue weighted by molar-refractivity contribution is -0.136. The second kappa shape index (κ2) is 5.84. The minimum Gasteiger partial charge on any atom is -0.481 e. The number of nitrogens with zero attached hydrogens (tertiary/aromatic N) is 1. The molecule has 1 aromatic carbocycles. The zero-order chi connectivity index (χ0) is 13.8. The second-order valence-corrected chi connectivity index (χ2v) is 5.01. The van der Waals surface area contributed by atoms with Crippen LogP contribution in [-0.2, 0) is 16.0 Å². The summed E-state index contributed by atoms with van der Waals surface area (Å²) in [5.41, 5.74) is 1.35. The first-order valence-corrected chi connectivity index (χ1v) is 6.35. The number of hydrogen-bond acceptors (Lipinski definition) is 3. The zero-order valence-corrected chi connectivity index (χ0v) is 10.9. The van der Waals surface area contributed by atoms with Crippen molar-refractivity contribution in [2.45, 2.75) is 12.8 Å². The van der Waals surface area contributed by atoms with Crippen LogP contribution in [0, 0.1) is 5.92 Å². The second-order valence-electron chi connectivity index (χ2n) is 5.01. The van der Waals surface area contributed by atoms with Gasteiger partial charge in [0.15, 0.2) is 0 Å². The summed E-state index contributed by atoms with van der Waals surface area (Å²) in [5, 5.41) is 11.6. The van der Waals surface area contributed by atoms with Crippen LogP contribution in [0.4, 0.5) is 5.69 Å². The highest BCUT2D eigenvalue weighted by atomic mass is 16.4. The van der Waals surface area contributed by atoms with Gasteiger partial charge in [0.1, 0.15) is 0 Å². The molecule has 0 saturated carbocycles. The SMILES string of the molecule is CN1CCC(C(=O)Nc2cccc(CC(=O)O)c2)C1. The molecule has 1 amide bonds. The van der Waals surface area contributed by atoms with Crippen molar-refractivity contribution in [2.75, 3.05) is 25.5 Å². The van der Waals surface area contributed by atoms with Crippen molar-refractivity contribution in [1.29, 1.82) is 0 Å². The van der Waals surface area contributed by atoms with Gasteiger partial charge in [-0.15, -0.1) is 0 Å². The molecule has 0 bridgehead atoms. The van der Waals surface area contributed by atoms with E-state index in [-0.39, 0.29) is 18.2 Å². The molecule has 1 aliphatic rings. The topological polar surface area (TPSA) is 69.6 Å². The molecule has 1 unspecified atom stereocenters. The molecule has 5 nitrogen and oxygen atoms in total. The molecule has 2 rings (SSSR count). The first-order chi connectivity index (χ1) is 9.04. The molecule has 1 fully saturated rings. The predicted molar refractivity (Wildman–Crippen MR) is 72.0 cm³/mol. The van der Waals surface area contributed by atoms with Gasteiger partial charge in [-0.2, -0.15) is 0 Å². The molecule has 0 radical (unpaired) electrons. The Hall–Kier alpha value is -1.88. The highest BCUT2D eigenvalue weighted by Gasteiger charge is 2.26. The lowest BCUT2D eigenvalue weighted by Crippen LogP contribution is -2.25. The fraction of sp³-hybridized carbons (Fsp3) is 0.429. The number of likely N-dealkylation sites (tertiary alicyclic amines) is 1. The third-order valence-corrected chi connectivity index (χ3v) is 3.31. The summed E-state index contributed by atoms with van der Waals surface area (Å²) >= 11 is 0. The lowest BCUT2D eigenvalue weighted by atomic mass is 10.1. The van der Waals surface area contributed by atoms with Crippen LogP contribution in [0.1, 0.15) is 12.0 Å². The molecule has 1 heterocycles. The lowest BCUT2D eigenvalue weighted by Gasteiger charge is -2.12. The van der Waals surface area contributed by atoms with Crippen molar-refractivity contribution >= 4 is 17.6 Å². The Labute approximate surface area is 112 Å². The van der Waals surface area contributed by atoms with Crippen LogP contribution in [0.3, 0.4) is 0 Å². The van der Waals surface area contributed by atoms with Crippen molar-refractivity contribution in [2.24, 2.45) is 5.92 Å². The van der Waals surface area contributed by atoms with E-state index in [1.54, 1.807) is 24.3 Å². The Morgan fingerprint density at radius 2 is 2.26 bits per heavy atom. The maximum atomic E-state index is 12.0. The summed E-state index contributed by atoms with van der Waals surface area (Å²) in [6.45, 7) is 1.72. The van der Waals surface area contributed by atoms with Crippen LogP contribution in [0.15, 0.2) is 24.3 Å². The number of rotatable bonds is 4. The van der Waals surface area contributed by atoms with E-state index < -0.39 is 5.97 Å². The number of aliphatic carboxylic acids is 1. The van der Waals surface area contributed by atoms with E-state index in [9.17, 15) is 9.59 Å². The third-order valence-electron chi connectivity index (χ3n) is 3.31. The average Bonchev–Trinajstić information content (AvgIpc) is 2.75. The average molecular weight is 262 g/mol. The van der Waals surface area contributed by atoms with Gasteiger partial charge in [0.05, 0.1) is 12.3 Å². The van der Waals surface area contributed by atoms with Gasteiger partial charge < -0.3 is 15.3 Å². The minimum atomic E-state index is -0.874. The van der Waals surface area contributed by atoms with E-state index in [4.69, 9.17) is 5.11 Å². The molecule has 1 atom stereocenters. The van der Waals surface area contributed by atoms with Gasteiger partial charge in [0.25, 0.3) is 0 Å². The first kappa shape index (κ1) is 13.5. The first-order valence-electron chi connectivity index (χ1n) is 6.35. The predicted octanol–water partition coefficient (Wildman–Crippen LogP) is 1.20. The molecular weight excluding hydrogens is 244 g/mol. The van der Waals surface area contributed by atoms with Gasteiger partial charge in [-0.05, 0) is 37.7 Å². The normalized spacial score (nSPS) is 19.3. The van der Waals surface area contributed by atoms with Crippen molar-refractivity contribution in [3.63, 3.8) is 0 Å². The Morgan fingerprint density at radius 1 is 1.47 bits per heavy atom. The molecule has 19 heavy (non-hydrogen) atoms. The monoisotopic (exact) mass is 262 g/mol. The zero-order valence-electron chi connectivity index (χ0n) is 10.9. The van der Waals surface area contributed by atoms with E-state index in [0.717, 1.165) is 19.5 Å². The highest BCUT2D eigenvalue weighted by molar-refractivity contribution is 5.93. The molecule has 1 aromatic rings. The Bertz CT molecular complexity index is 487. The number of carbonyl (C=O) groups excluding carboxylic acids is 1. The molecule has 5 heteroatoms. The van der Waals surface area contributed by atoms with Gasteiger partial charge in [-0.25, -0.2) is 0 Å². The maximum Gasteiger partial charge on any atom is 0.307 e. The van der Waals surface area contributed by atoms with Gasteiger partial charge in [-0.3, -0.25) is 9.59 Å². The summed E-state index contributed by atoms with van der Waals surface area (Å²) in [4.78, 5) is 24.8. The number of benzene rings is 1. The Morgan fingerprint density at radius 3 is 2.89 bits per heavy atom. The number of nitrogens with one attached hydrogen (secondary N) is 1. The smallest absolute Gasteiger partial charge is 0.307 e. The standard InChI is InChI=1S/C14H18N2O3/c1-16-6-5-11(9-16)14(19)15-12-4-2-3-10(7-12)8-13(17)18/h2-4,7,11H,5-6,8-9H2,1H3,(H,15,19)(H,17,18). The molecule has 102 valence electrons. The van der Waals surface area contributed by atoms with Crippen LogP contribution in [-0.4, -0.2) is 42.0 Å². The van der Waals surface area contributed by atoms with Gasteiger partial charge >= 0.3 is 5.97 Å².